The average Bonchev–Trinajstić information content (AvgIpc) is 2.53. The lowest BCUT2D eigenvalue weighted by Crippen LogP contribution is -2.19. The summed E-state index contributed by atoms with van der Waals surface area (Å²) in [6.07, 6.45) is 1.72. The highest BCUT2D eigenvalue weighted by atomic mass is 32.1. The summed E-state index contributed by atoms with van der Waals surface area (Å²) in [6.45, 7) is 0. The molecule has 0 radical (unpaired) electrons. The van der Waals surface area contributed by atoms with Gasteiger partial charge in [-0.25, -0.2) is 0 Å². The summed E-state index contributed by atoms with van der Waals surface area (Å²) >= 11 is 3.87. The van der Waals surface area contributed by atoms with Gasteiger partial charge in [0.1, 0.15) is 6.10 Å². The van der Waals surface area contributed by atoms with Crippen LogP contribution in [0.4, 0.5) is 0 Å². The Kier molecular flexibility index (Phi) is 2.99. The Morgan fingerprint density at radius 3 is 2.73 bits per heavy atom. The summed E-state index contributed by atoms with van der Waals surface area (Å²) in [6, 6.07) is 1.72. The molecule has 1 aromatic rings. The Labute approximate surface area is 70.5 Å². The van der Waals surface area contributed by atoms with E-state index in [1.165, 1.54) is 0 Å². The molecule has 2 atom stereocenters. The highest BCUT2D eigenvalue weighted by Gasteiger charge is 2.16. The van der Waals surface area contributed by atoms with Crippen LogP contribution in [0.5, 0.6) is 0 Å². The van der Waals surface area contributed by atoms with Gasteiger partial charge in [0.2, 0.25) is 0 Å². The minimum Gasteiger partial charge on any atom is -0.389 e. The monoisotopic (exact) mass is 173 g/mol. The van der Waals surface area contributed by atoms with E-state index in [0.29, 0.717) is 5.56 Å². The summed E-state index contributed by atoms with van der Waals surface area (Å²) in [7, 11) is 0. The predicted molar refractivity (Wildman–Crippen MR) is 45.6 cm³/mol. The standard InChI is InChI=1S/C7H11NO2S/c9-6(4-11)7(10)5-1-2-8-3-5/h1-3,6-11H,4H2. The van der Waals surface area contributed by atoms with Gasteiger partial charge >= 0.3 is 0 Å². The number of hydrogen-bond acceptors (Lipinski definition) is 3. The van der Waals surface area contributed by atoms with Gasteiger partial charge in [0, 0.05) is 23.7 Å². The molecule has 3 nitrogen and oxygen atoms in total. The Balaban J connectivity index is 2.62. The fourth-order valence-electron chi connectivity index (χ4n) is 0.843. The SMILES string of the molecule is OC(CS)C(O)c1cc[nH]c1. The maximum Gasteiger partial charge on any atom is 0.107 e. The van der Waals surface area contributed by atoms with E-state index in [1.807, 2.05) is 0 Å². The van der Waals surface area contributed by atoms with Gasteiger partial charge in [-0.15, -0.1) is 0 Å². The summed E-state index contributed by atoms with van der Waals surface area (Å²) in [4.78, 5) is 2.79. The normalized spacial score (nSPS) is 16.3. The molecule has 0 fully saturated rings. The van der Waals surface area contributed by atoms with Crippen LogP contribution < -0.4 is 0 Å². The third kappa shape index (κ3) is 1.99. The number of nitrogens with one attached hydrogen (secondary N) is 1. The van der Waals surface area contributed by atoms with Gasteiger partial charge < -0.3 is 15.2 Å². The van der Waals surface area contributed by atoms with E-state index in [-0.39, 0.29) is 5.75 Å². The van der Waals surface area contributed by atoms with Crippen LogP contribution in [0, 0.1) is 0 Å². The molecule has 1 heterocycles. The van der Waals surface area contributed by atoms with E-state index >= 15 is 0 Å². The van der Waals surface area contributed by atoms with Gasteiger partial charge in [-0.3, -0.25) is 0 Å². The van der Waals surface area contributed by atoms with Gasteiger partial charge in [-0.05, 0) is 6.07 Å². The average molecular weight is 173 g/mol. The fourth-order valence-corrected chi connectivity index (χ4v) is 1.04. The molecule has 1 aromatic heterocycles. The first-order chi connectivity index (χ1) is 5.25. The molecule has 0 spiro atoms. The molecule has 3 N–H and O–H groups in total. The van der Waals surface area contributed by atoms with Gasteiger partial charge in [-0.2, -0.15) is 12.6 Å². The number of aromatic amines is 1. The van der Waals surface area contributed by atoms with Crippen molar-refractivity contribution in [3.05, 3.63) is 24.0 Å². The van der Waals surface area contributed by atoms with Crippen LogP contribution in [-0.2, 0) is 0 Å². The van der Waals surface area contributed by atoms with Crippen LogP contribution in [0.15, 0.2) is 18.5 Å². The summed E-state index contributed by atoms with van der Waals surface area (Å²) < 4.78 is 0. The predicted octanol–water partition coefficient (Wildman–Crippen LogP) is 0.339. The Bertz CT molecular complexity index is 200. The lowest BCUT2D eigenvalue weighted by atomic mass is 10.1. The lowest BCUT2D eigenvalue weighted by molar-refractivity contribution is 0.0338. The van der Waals surface area contributed by atoms with Crippen molar-refractivity contribution in [2.24, 2.45) is 0 Å². The lowest BCUT2D eigenvalue weighted by Gasteiger charge is -2.13. The molecular weight excluding hydrogens is 162 g/mol. The molecule has 0 saturated carbocycles. The molecule has 0 aromatic carbocycles. The van der Waals surface area contributed by atoms with Gasteiger partial charge in [0.05, 0.1) is 6.10 Å². The molecule has 2 unspecified atom stereocenters. The van der Waals surface area contributed by atoms with Crippen molar-refractivity contribution >= 4 is 12.6 Å². The van der Waals surface area contributed by atoms with E-state index in [9.17, 15) is 5.11 Å². The second-order valence-electron chi connectivity index (χ2n) is 2.34. The fraction of sp³-hybridized carbons (Fsp3) is 0.429. The quantitative estimate of drug-likeness (QED) is 0.498. The van der Waals surface area contributed by atoms with Crippen molar-refractivity contribution in [1.29, 1.82) is 0 Å². The Hall–Kier alpha value is -0.450. The van der Waals surface area contributed by atoms with Gasteiger partial charge in [-0.1, -0.05) is 0 Å². The molecule has 62 valence electrons. The summed E-state index contributed by atoms with van der Waals surface area (Å²) in [5.41, 5.74) is 0.687. The third-order valence-electron chi connectivity index (χ3n) is 1.52. The largest absolute Gasteiger partial charge is 0.389 e. The number of rotatable bonds is 3. The van der Waals surface area contributed by atoms with E-state index in [0.717, 1.165) is 0 Å². The Morgan fingerprint density at radius 1 is 1.55 bits per heavy atom. The number of aliphatic hydroxyl groups is 2. The van der Waals surface area contributed by atoms with Crippen molar-refractivity contribution in [3.63, 3.8) is 0 Å². The van der Waals surface area contributed by atoms with Crippen molar-refractivity contribution in [1.82, 2.24) is 4.98 Å². The zero-order valence-corrected chi connectivity index (χ0v) is 6.83. The van der Waals surface area contributed by atoms with E-state index in [2.05, 4.69) is 17.6 Å². The number of hydrogen-bond donors (Lipinski definition) is 4. The second kappa shape index (κ2) is 3.80. The first-order valence-corrected chi connectivity index (χ1v) is 3.98. The maximum atomic E-state index is 9.36. The second-order valence-corrected chi connectivity index (χ2v) is 2.70. The zero-order chi connectivity index (χ0) is 8.27. The molecule has 0 bridgehead atoms. The molecule has 1 rings (SSSR count). The first-order valence-electron chi connectivity index (χ1n) is 3.35. The highest BCUT2D eigenvalue weighted by Crippen LogP contribution is 2.16. The first kappa shape index (κ1) is 8.64. The van der Waals surface area contributed by atoms with Crippen molar-refractivity contribution in [3.8, 4) is 0 Å². The molecular formula is C7H11NO2S. The van der Waals surface area contributed by atoms with Crippen LogP contribution in [0.1, 0.15) is 11.7 Å². The smallest absolute Gasteiger partial charge is 0.107 e. The molecule has 11 heavy (non-hydrogen) atoms. The minimum absolute atomic E-state index is 0.256. The van der Waals surface area contributed by atoms with Crippen LogP contribution in [-0.4, -0.2) is 27.1 Å². The van der Waals surface area contributed by atoms with Crippen LogP contribution in [0.3, 0.4) is 0 Å². The van der Waals surface area contributed by atoms with Crippen molar-refractivity contribution in [2.45, 2.75) is 12.2 Å². The van der Waals surface area contributed by atoms with Crippen LogP contribution in [0.25, 0.3) is 0 Å². The number of thiol groups is 1. The van der Waals surface area contributed by atoms with Gasteiger partial charge in [0.25, 0.3) is 0 Å². The molecule has 0 aliphatic rings. The number of aliphatic hydroxyl groups excluding tert-OH is 2. The van der Waals surface area contributed by atoms with E-state index in [1.54, 1.807) is 18.5 Å². The Morgan fingerprint density at radius 2 is 2.27 bits per heavy atom. The summed E-state index contributed by atoms with van der Waals surface area (Å²) in [5.74, 6) is 0.256. The molecule has 0 aliphatic heterocycles. The van der Waals surface area contributed by atoms with E-state index in [4.69, 9.17) is 5.11 Å². The zero-order valence-electron chi connectivity index (χ0n) is 5.94. The molecule has 0 amide bonds. The summed E-state index contributed by atoms with van der Waals surface area (Å²) in [5, 5.41) is 18.5. The maximum absolute atomic E-state index is 9.36. The third-order valence-corrected chi connectivity index (χ3v) is 1.89. The topological polar surface area (TPSA) is 56.2 Å². The van der Waals surface area contributed by atoms with E-state index < -0.39 is 12.2 Å². The van der Waals surface area contributed by atoms with Gasteiger partial charge in [0.15, 0.2) is 0 Å². The van der Waals surface area contributed by atoms with Crippen molar-refractivity contribution in [2.75, 3.05) is 5.75 Å². The molecule has 4 heteroatoms. The highest BCUT2D eigenvalue weighted by molar-refractivity contribution is 7.80. The number of H-pyrrole nitrogens is 1. The molecule has 0 saturated heterocycles. The van der Waals surface area contributed by atoms with Crippen molar-refractivity contribution < 1.29 is 10.2 Å². The van der Waals surface area contributed by atoms with Crippen LogP contribution >= 0.6 is 12.6 Å². The minimum atomic E-state index is -0.834. The van der Waals surface area contributed by atoms with Crippen LogP contribution in [0.2, 0.25) is 0 Å². The number of aromatic nitrogens is 1. The molecule has 0 aliphatic carbocycles.